The summed E-state index contributed by atoms with van der Waals surface area (Å²) in [5, 5.41) is 8.74. The number of benzene rings is 1. The number of nitrogens with zero attached hydrogens (tertiary/aromatic N) is 1. The van der Waals surface area contributed by atoms with Crippen molar-refractivity contribution in [1.29, 1.82) is 0 Å². The molecule has 1 amide bonds. The summed E-state index contributed by atoms with van der Waals surface area (Å²) in [6.07, 6.45) is 0. The number of carboxylic acid groups (broad SMARTS) is 1. The lowest BCUT2D eigenvalue weighted by Crippen LogP contribution is -2.30. The minimum absolute atomic E-state index is 0.0378. The Bertz CT molecular complexity index is 605. The monoisotopic (exact) mass is 269 g/mol. The van der Waals surface area contributed by atoms with Gasteiger partial charge in [0.25, 0.3) is 0 Å². The highest BCUT2D eigenvalue weighted by molar-refractivity contribution is 7.94. The number of carbonyl (C=O) groups excluding carboxylic acids is 1. The van der Waals surface area contributed by atoms with E-state index in [9.17, 15) is 18.0 Å². The third kappa shape index (κ3) is 1.97. The molecule has 7 heteroatoms. The van der Waals surface area contributed by atoms with E-state index in [2.05, 4.69) is 0 Å². The molecule has 0 unspecified atom stereocenters. The Labute approximate surface area is 104 Å². The van der Waals surface area contributed by atoms with Crippen LogP contribution >= 0.6 is 0 Å². The van der Waals surface area contributed by atoms with E-state index in [1.54, 1.807) is 6.92 Å². The van der Waals surface area contributed by atoms with Gasteiger partial charge in [0.2, 0.25) is 15.9 Å². The number of sulfonamides is 1. The minimum Gasteiger partial charge on any atom is -0.478 e. The van der Waals surface area contributed by atoms with E-state index in [0.717, 1.165) is 4.31 Å². The Morgan fingerprint density at radius 3 is 2.28 bits per heavy atom. The van der Waals surface area contributed by atoms with Gasteiger partial charge in [0, 0.05) is 0 Å². The number of aromatic carboxylic acids is 1. The van der Waals surface area contributed by atoms with E-state index in [1.165, 1.54) is 24.3 Å². The summed E-state index contributed by atoms with van der Waals surface area (Å²) in [5.74, 6) is -2.38. The van der Waals surface area contributed by atoms with Gasteiger partial charge in [-0.05, 0) is 24.3 Å². The van der Waals surface area contributed by atoms with Gasteiger partial charge in [0.05, 0.1) is 22.9 Å². The molecule has 1 aliphatic rings. The Kier molecular flexibility index (Phi) is 2.86. The van der Waals surface area contributed by atoms with Gasteiger partial charge in [-0.2, -0.15) is 0 Å². The second-order valence-electron chi connectivity index (χ2n) is 4.13. The van der Waals surface area contributed by atoms with Crippen molar-refractivity contribution in [3.63, 3.8) is 0 Å². The highest BCUT2D eigenvalue weighted by Gasteiger charge is 2.41. The normalized spacial score (nSPS) is 22.2. The standard InChI is InChI=1S/C11H11NO5S/c1-7-6-18(16,17)12(10(7)13)9-4-2-8(3-5-9)11(14)15/h2-5,7H,6H2,1H3,(H,14,15)/t7-/m1/s1. The molecule has 0 aromatic heterocycles. The third-order valence-corrected chi connectivity index (χ3v) is 4.58. The molecule has 1 heterocycles. The van der Waals surface area contributed by atoms with Gasteiger partial charge in [-0.1, -0.05) is 6.92 Å². The predicted octanol–water partition coefficient (Wildman–Crippen LogP) is 0.697. The summed E-state index contributed by atoms with van der Waals surface area (Å²) in [4.78, 5) is 22.4. The summed E-state index contributed by atoms with van der Waals surface area (Å²) in [6.45, 7) is 1.55. The first-order valence-electron chi connectivity index (χ1n) is 5.23. The highest BCUT2D eigenvalue weighted by Crippen LogP contribution is 2.28. The van der Waals surface area contributed by atoms with Gasteiger partial charge in [0.1, 0.15) is 0 Å². The fourth-order valence-electron chi connectivity index (χ4n) is 1.83. The number of hydrogen-bond acceptors (Lipinski definition) is 4. The fraction of sp³-hybridized carbons (Fsp3) is 0.273. The van der Waals surface area contributed by atoms with Crippen LogP contribution in [0.4, 0.5) is 5.69 Å². The number of anilines is 1. The van der Waals surface area contributed by atoms with E-state index in [4.69, 9.17) is 5.11 Å². The fourth-order valence-corrected chi connectivity index (χ4v) is 3.65. The van der Waals surface area contributed by atoms with Crippen molar-refractivity contribution in [3.8, 4) is 0 Å². The minimum atomic E-state index is -3.64. The van der Waals surface area contributed by atoms with Gasteiger partial charge in [-0.25, -0.2) is 17.5 Å². The lowest BCUT2D eigenvalue weighted by molar-refractivity contribution is -0.119. The number of carboxylic acids is 1. The Morgan fingerprint density at radius 2 is 1.89 bits per heavy atom. The molecule has 0 spiro atoms. The molecule has 2 rings (SSSR count). The molecule has 1 aromatic carbocycles. The zero-order valence-corrected chi connectivity index (χ0v) is 10.3. The Hall–Kier alpha value is -1.89. The average Bonchev–Trinajstić information content (AvgIpc) is 2.48. The van der Waals surface area contributed by atoms with Crippen LogP contribution in [0.25, 0.3) is 0 Å². The zero-order valence-electron chi connectivity index (χ0n) is 9.53. The molecule has 0 radical (unpaired) electrons. The first kappa shape index (κ1) is 12.6. The van der Waals surface area contributed by atoms with Gasteiger partial charge in [-0.15, -0.1) is 0 Å². The average molecular weight is 269 g/mol. The van der Waals surface area contributed by atoms with Gasteiger partial charge in [0.15, 0.2) is 0 Å². The second-order valence-corrected chi connectivity index (χ2v) is 6.00. The zero-order chi connectivity index (χ0) is 13.5. The molecule has 1 aromatic rings. The third-order valence-electron chi connectivity index (χ3n) is 2.71. The van der Waals surface area contributed by atoms with Crippen molar-refractivity contribution in [2.45, 2.75) is 6.92 Å². The summed E-state index contributed by atoms with van der Waals surface area (Å²) in [6, 6.07) is 5.17. The number of amides is 1. The topological polar surface area (TPSA) is 91.8 Å². The summed E-state index contributed by atoms with van der Waals surface area (Å²) in [7, 11) is -3.64. The second kappa shape index (κ2) is 4.09. The molecule has 0 bridgehead atoms. The van der Waals surface area contributed by atoms with Crippen LogP contribution in [0.3, 0.4) is 0 Å². The molecule has 1 aliphatic heterocycles. The maximum atomic E-state index is 11.8. The van der Waals surface area contributed by atoms with Crippen LogP contribution in [0.1, 0.15) is 17.3 Å². The van der Waals surface area contributed by atoms with Crippen LogP contribution in [0.5, 0.6) is 0 Å². The van der Waals surface area contributed by atoms with E-state index >= 15 is 0 Å². The molecule has 96 valence electrons. The molecule has 18 heavy (non-hydrogen) atoms. The molecule has 1 saturated heterocycles. The Balaban J connectivity index is 2.43. The Morgan fingerprint density at radius 1 is 1.33 bits per heavy atom. The smallest absolute Gasteiger partial charge is 0.335 e. The van der Waals surface area contributed by atoms with Crippen molar-refractivity contribution < 1.29 is 23.1 Å². The highest BCUT2D eigenvalue weighted by atomic mass is 32.2. The largest absolute Gasteiger partial charge is 0.478 e. The quantitative estimate of drug-likeness (QED) is 0.853. The van der Waals surface area contributed by atoms with Crippen LogP contribution in [-0.4, -0.2) is 31.2 Å². The van der Waals surface area contributed by atoms with Gasteiger partial charge in [-0.3, -0.25) is 4.79 Å². The molecule has 6 nitrogen and oxygen atoms in total. The molecule has 0 aliphatic carbocycles. The van der Waals surface area contributed by atoms with Crippen LogP contribution in [0.2, 0.25) is 0 Å². The number of rotatable bonds is 2. The van der Waals surface area contributed by atoms with Crippen molar-refractivity contribution in [1.82, 2.24) is 0 Å². The van der Waals surface area contributed by atoms with Crippen molar-refractivity contribution in [3.05, 3.63) is 29.8 Å². The van der Waals surface area contributed by atoms with Crippen LogP contribution in [0.15, 0.2) is 24.3 Å². The van der Waals surface area contributed by atoms with Crippen LogP contribution in [0, 0.1) is 5.92 Å². The molecule has 1 atom stereocenters. The lowest BCUT2D eigenvalue weighted by Gasteiger charge is -2.15. The van der Waals surface area contributed by atoms with E-state index in [1.807, 2.05) is 0 Å². The van der Waals surface area contributed by atoms with Crippen LogP contribution < -0.4 is 4.31 Å². The molecule has 0 saturated carbocycles. The molecule has 1 fully saturated rings. The number of hydrogen-bond donors (Lipinski definition) is 1. The molecule has 1 N–H and O–H groups in total. The summed E-state index contributed by atoms with van der Waals surface area (Å²) in [5.41, 5.74) is 0.213. The summed E-state index contributed by atoms with van der Waals surface area (Å²) < 4.78 is 24.3. The van der Waals surface area contributed by atoms with E-state index in [0.29, 0.717) is 0 Å². The maximum Gasteiger partial charge on any atom is 0.335 e. The van der Waals surface area contributed by atoms with Crippen LogP contribution in [-0.2, 0) is 14.8 Å². The van der Waals surface area contributed by atoms with E-state index < -0.39 is 27.8 Å². The van der Waals surface area contributed by atoms with Crippen molar-refractivity contribution in [2.75, 3.05) is 10.1 Å². The predicted molar refractivity (Wildman–Crippen MR) is 63.8 cm³/mol. The first-order valence-corrected chi connectivity index (χ1v) is 6.84. The molecular formula is C11H11NO5S. The van der Waals surface area contributed by atoms with Gasteiger partial charge < -0.3 is 5.11 Å². The van der Waals surface area contributed by atoms with Gasteiger partial charge >= 0.3 is 5.97 Å². The maximum absolute atomic E-state index is 11.8. The first-order chi connectivity index (χ1) is 8.33. The van der Waals surface area contributed by atoms with Crippen molar-refractivity contribution in [2.24, 2.45) is 5.92 Å². The van der Waals surface area contributed by atoms with Crippen molar-refractivity contribution >= 4 is 27.6 Å². The van der Waals surface area contributed by atoms with E-state index in [-0.39, 0.29) is 17.0 Å². The SMILES string of the molecule is C[C@@H]1CS(=O)(=O)N(c2ccc(C(=O)O)cc2)C1=O. The lowest BCUT2D eigenvalue weighted by atomic mass is 10.2. The summed E-state index contributed by atoms with van der Waals surface area (Å²) >= 11 is 0. The number of carbonyl (C=O) groups is 2. The molecular weight excluding hydrogens is 258 g/mol.